The van der Waals surface area contributed by atoms with Crippen LogP contribution in [0.3, 0.4) is 0 Å². The zero-order valence-corrected chi connectivity index (χ0v) is 7.21. The van der Waals surface area contributed by atoms with Crippen LogP contribution in [0.5, 0.6) is 0 Å². The van der Waals surface area contributed by atoms with Crippen LogP contribution in [0.25, 0.3) is 0 Å². The average molecular weight is 205 g/mol. The van der Waals surface area contributed by atoms with Crippen molar-refractivity contribution in [2.45, 2.75) is 13.1 Å². The number of nitrogens with zero attached hydrogens (tertiary/aromatic N) is 1. The highest BCUT2D eigenvalue weighted by Crippen LogP contribution is 2.29. The summed E-state index contributed by atoms with van der Waals surface area (Å²) in [6.07, 6.45) is -3.72. The minimum absolute atomic E-state index is 0.0597. The maximum atomic E-state index is 12.2. The minimum atomic E-state index is -4.51. The van der Waals surface area contributed by atoms with Crippen molar-refractivity contribution in [3.05, 3.63) is 23.5 Å². The van der Waals surface area contributed by atoms with Gasteiger partial charge in [0.1, 0.15) is 5.69 Å². The Morgan fingerprint density at radius 1 is 1.36 bits per heavy atom. The molecule has 14 heavy (non-hydrogen) atoms. The normalized spacial score (nSPS) is 11.6. The van der Waals surface area contributed by atoms with Gasteiger partial charge in [0.15, 0.2) is 0 Å². The van der Waals surface area contributed by atoms with Gasteiger partial charge >= 0.3 is 13.3 Å². The summed E-state index contributed by atoms with van der Waals surface area (Å²) in [5.41, 5.74) is -1.21. The Balaban J connectivity index is 3.15. The van der Waals surface area contributed by atoms with Gasteiger partial charge < -0.3 is 10.0 Å². The predicted molar refractivity (Wildman–Crippen MR) is 43.8 cm³/mol. The van der Waals surface area contributed by atoms with Crippen LogP contribution in [0, 0.1) is 6.92 Å². The first-order chi connectivity index (χ1) is 6.32. The second kappa shape index (κ2) is 3.59. The lowest BCUT2D eigenvalue weighted by molar-refractivity contribution is -0.141. The van der Waals surface area contributed by atoms with Gasteiger partial charge in [-0.05, 0) is 12.5 Å². The Morgan fingerprint density at radius 3 is 2.29 bits per heavy atom. The summed E-state index contributed by atoms with van der Waals surface area (Å²) in [5, 5.41) is 17.4. The highest BCUT2D eigenvalue weighted by Gasteiger charge is 2.34. The quantitative estimate of drug-likeness (QED) is 0.638. The lowest BCUT2D eigenvalue weighted by Crippen LogP contribution is -2.31. The Labute approximate surface area is 78.4 Å². The second-order valence-corrected chi connectivity index (χ2v) is 2.81. The van der Waals surface area contributed by atoms with E-state index in [1.807, 2.05) is 0 Å². The van der Waals surface area contributed by atoms with Crippen LogP contribution in [0.2, 0.25) is 0 Å². The maximum Gasteiger partial charge on any atom is 0.490 e. The van der Waals surface area contributed by atoms with Gasteiger partial charge in [-0.2, -0.15) is 13.2 Å². The first-order valence-electron chi connectivity index (χ1n) is 3.72. The van der Waals surface area contributed by atoms with Gasteiger partial charge in [-0.1, -0.05) is 6.07 Å². The number of aryl methyl sites for hydroxylation is 1. The standard InChI is InChI=1S/C7H7BF3NO2/c1-4-2-5(8(13)14)3-12-6(4)7(9,10)11/h2-3,13-14H,1H3. The van der Waals surface area contributed by atoms with Gasteiger partial charge in [-0.15, -0.1) is 0 Å². The number of alkyl halides is 3. The first kappa shape index (κ1) is 11.0. The molecule has 76 valence electrons. The van der Waals surface area contributed by atoms with Gasteiger partial charge in [0.25, 0.3) is 0 Å². The van der Waals surface area contributed by atoms with Crippen LogP contribution in [-0.2, 0) is 6.18 Å². The van der Waals surface area contributed by atoms with Crippen molar-refractivity contribution in [2.24, 2.45) is 0 Å². The van der Waals surface area contributed by atoms with Gasteiger partial charge in [0, 0.05) is 11.7 Å². The van der Waals surface area contributed by atoms with Crippen molar-refractivity contribution in [3.8, 4) is 0 Å². The molecule has 0 unspecified atom stereocenters. The zero-order valence-electron chi connectivity index (χ0n) is 7.21. The molecule has 1 heterocycles. The molecule has 0 atom stereocenters. The van der Waals surface area contributed by atoms with E-state index in [0.29, 0.717) is 0 Å². The molecule has 0 spiro atoms. The van der Waals surface area contributed by atoms with Gasteiger partial charge in [0.05, 0.1) is 0 Å². The van der Waals surface area contributed by atoms with E-state index in [1.54, 1.807) is 0 Å². The third kappa shape index (κ3) is 2.24. The van der Waals surface area contributed by atoms with E-state index < -0.39 is 19.0 Å². The number of pyridine rings is 1. The lowest BCUT2D eigenvalue weighted by atomic mass is 9.81. The van der Waals surface area contributed by atoms with Crippen molar-refractivity contribution in [3.63, 3.8) is 0 Å². The molecule has 7 heteroatoms. The van der Waals surface area contributed by atoms with E-state index in [1.165, 1.54) is 6.92 Å². The van der Waals surface area contributed by atoms with Crippen LogP contribution in [0.4, 0.5) is 13.2 Å². The topological polar surface area (TPSA) is 53.4 Å². The molecule has 1 aromatic heterocycles. The van der Waals surface area contributed by atoms with Gasteiger partial charge in [-0.3, -0.25) is 4.98 Å². The molecule has 0 fully saturated rings. The fraction of sp³-hybridized carbons (Fsp3) is 0.286. The molecular formula is C7H7BF3NO2. The molecule has 1 rings (SSSR count). The van der Waals surface area contributed by atoms with Crippen molar-refractivity contribution in [1.29, 1.82) is 0 Å². The fourth-order valence-corrected chi connectivity index (χ4v) is 1.03. The highest BCUT2D eigenvalue weighted by molar-refractivity contribution is 6.58. The molecule has 0 aliphatic heterocycles. The lowest BCUT2D eigenvalue weighted by Gasteiger charge is -2.09. The van der Waals surface area contributed by atoms with Crippen molar-refractivity contribution < 1.29 is 23.2 Å². The Bertz CT molecular complexity index is 340. The Hall–Kier alpha value is -1.08. The van der Waals surface area contributed by atoms with Crippen molar-refractivity contribution >= 4 is 12.6 Å². The summed E-state index contributed by atoms with van der Waals surface area (Å²) in [4.78, 5) is 3.13. The summed E-state index contributed by atoms with van der Waals surface area (Å²) in [6, 6.07) is 1.04. The zero-order chi connectivity index (χ0) is 10.9. The van der Waals surface area contributed by atoms with E-state index >= 15 is 0 Å². The molecule has 0 saturated carbocycles. The number of rotatable bonds is 1. The van der Waals surface area contributed by atoms with E-state index in [4.69, 9.17) is 10.0 Å². The summed E-state index contributed by atoms with van der Waals surface area (Å²) in [7, 11) is -1.80. The molecule has 1 aromatic rings. The summed E-state index contributed by atoms with van der Waals surface area (Å²) >= 11 is 0. The summed E-state index contributed by atoms with van der Waals surface area (Å²) < 4.78 is 36.6. The molecule has 0 saturated heterocycles. The second-order valence-electron chi connectivity index (χ2n) is 2.81. The van der Waals surface area contributed by atoms with E-state index in [0.717, 1.165) is 12.3 Å². The van der Waals surface area contributed by atoms with Gasteiger partial charge in [-0.25, -0.2) is 0 Å². The maximum absolute atomic E-state index is 12.2. The Kier molecular flexibility index (Phi) is 2.82. The van der Waals surface area contributed by atoms with Crippen LogP contribution in [0.1, 0.15) is 11.3 Å². The Morgan fingerprint density at radius 2 is 1.93 bits per heavy atom. The molecule has 0 radical (unpaired) electrons. The monoisotopic (exact) mass is 205 g/mol. The number of aromatic nitrogens is 1. The fourth-order valence-electron chi connectivity index (χ4n) is 1.03. The van der Waals surface area contributed by atoms with Crippen LogP contribution in [-0.4, -0.2) is 22.2 Å². The molecule has 3 nitrogen and oxygen atoms in total. The third-order valence-electron chi connectivity index (χ3n) is 1.67. The molecule has 0 aliphatic carbocycles. The highest BCUT2D eigenvalue weighted by atomic mass is 19.4. The average Bonchev–Trinajstić information content (AvgIpc) is 2.01. The number of hydrogen-bond donors (Lipinski definition) is 2. The van der Waals surface area contributed by atoms with Gasteiger partial charge in [0.2, 0.25) is 0 Å². The van der Waals surface area contributed by atoms with Crippen LogP contribution in [0.15, 0.2) is 12.3 Å². The van der Waals surface area contributed by atoms with Crippen molar-refractivity contribution in [1.82, 2.24) is 4.98 Å². The van der Waals surface area contributed by atoms with E-state index in [2.05, 4.69) is 4.98 Å². The number of hydrogen-bond acceptors (Lipinski definition) is 3. The predicted octanol–water partition coefficient (Wildman–Crippen LogP) is 0.0886. The summed E-state index contributed by atoms with van der Waals surface area (Å²) in [5.74, 6) is 0. The van der Waals surface area contributed by atoms with Crippen LogP contribution >= 0.6 is 0 Å². The third-order valence-corrected chi connectivity index (χ3v) is 1.67. The molecular weight excluding hydrogens is 198 g/mol. The largest absolute Gasteiger partial charge is 0.490 e. The number of halogens is 3. The molecule has 2 N–H and O–H groups in total. The molecule has 0 aromatic carbocycles. The molecule has 0 amide bonds. The van der Waals surface area contributed by atoms with Crippen molar-refractivity contribution in [2.75, 3.05) is 0 Å². The molecule has 0 bridgehead atoms. The van der Waals surface area contributed by atoms with Crippen LogP contribution < -0.4 is 5.46 Å². The van der Waals surface area contributed by atoms with E-state index in [9.17, 15) is 13.2 Å². The summed E-state index contributed by atoms with van der Waals surface area (Å²) in [6.45, 7) is 1.21. The van der Waals surface area contributed by atoms with E-state index in [-0.39, 0.29) is 11.0 Å². The SMILES string of the molecule is Cc1cc(B(O)O)cnc1C(F)(F)F. The first-order valence-corrected chi connectivity index (χ1v) is 3.72. The smallest absolute Gasteiger partial charge is 0.423 e. The minimum Gasteiger partial charge on any atom is -0.423 e. The molecule has 0 aliphatic rings.